The molecule has 0 amide bonds. The van der Waals surface area contributed by atoms with Gasteiger partial charge in [-0.15, -0.1) is 0 Å². The molecular weight excluding hydrogens is 134 g/mol. The van der Waals surface area contributed by atoms with Gasteiger partial charge >= 0.3 is 0 Å². The van der Waals surface area contributed by atoms with Crippen molar-refractivity contribution < 1.29 is 8.68 Å². The number of hydrogen-bond donors (Lipinski definition) is 0. The minimum Gasteiger partial charge on any atom is -0.205 e. The fraction of sp³-hybridized carbons (Fsp3) is 0.500. The second kappa shape index (κ2) is 3.04. The highest BCUT2D eigenvalue weighted by molar-refractivity contribution is 5.09. The van der Waals surface area contributed by atoms with Gasteiger partial charge < -0.3 is 0 Å². The van der Waals surface area contributed by atoms with Crippen LogP contribution in [0, 0.1) is 6.85 Å². The molecule has 0 unspecified atom stereocenters. The average Bonchev–Trinajstić information content (AvgIpc) is 2.01. The van der Waals surface area contributed by atoms with Crippen molar-refractivity contribution in [2.24, 2.45) is 7.05 Å². The Morgan fingerprint density at radius 1 is 1.45 bits per heavy atom. The third-order valence-corrected chi connectivity index (χ3v) is 1.77. The molecule has 0 saturated heterocycles. The Labute approximate surface area is 72.9 Å². The van der Waals surface area contributed by atoms with E-state index in [2.05, 4.69) is 13.8 Å². The van der Waals surface area contributed by atoms with Crippen LogP contribution in [0.15, 0.2) is 18.3 Å². The summed E-state index contributed by atoms with van der Waals surface area (Å²) in [6.45, 7) is 2.17. The second-order valence-corrected chi connectivity index (χ2v) is 3.11. The number of aryl methyl sites for hydroxylation is 2. The first kappa shape index (κ1) is 4.91. The summed E-state index contributed by atoms with van der Waals surface area (Å²) in [6.07, 6.45) is 1.68. The van der Waals surface area contributed by atoms with E-state index in [4.69, 9.17) is 4.11 Å². The molecule has 11 heavy (non-hydrogen) atoms. The molecule has 60 valence electrons. The molecule has 0 saturated carbocycles. The van der Waals surface area contributed by atoms with E-state index < -0.39 is 6.85 Å². The Balaban J connectivity index is 3.13. The lowest BCUT2D eigenvalue weighted by Crippen LogP contribution is -2.34. The number of hydrogen-bond acceptors (Lipinski definition) is 0. The highest BCUT2D eigenvalue weighted by atomic mass is 14.9. The van der Waals surface area contributed by atoms with Crippen molar-refractivity contribution in [1.29, 1.82) is 0 Å². The van der Waals surface area contributed by atoms with Gasteiger partial charge in [-0.05, 0) is 12.9 Å². The van der Waals surface area contributed by atoms with Crippen molar-refractivity contribution in [3.63, 3.8) is 0 Å². The van der Waals surface area contributed by atoms with Gasteiger partial charge in [-0.1, -0.05) is 13.8 Å². The van der Waals surface area contributed by atoms with Crippen molar-refractivity contribution in [3.8, 4) is 0 Å². The molecule has 0 radical (unpaired) electrons. The van der Waals surface area contributed by atoms with Crippen molar-refractivity contribution >= 4 is 0 Å². The number of nitrogens with zero attached hydrogens (tertiary/aromatic N) is 1. The van der Waals surface area contributed by atoms with Gasteiger partial charge in [0.1, 0.15) is 7.05 Å². The quantitative estimate of drug-likeness (QED) is 0.543. The van der Waals surface area contributed by atoms with E-state index in [0.717, 1.165) is 5.69 Å². The maximum absolute atomic E-state index is 7.27. The maximum atomic E-state index is 7.27. The van der Waals surface area contributed by atoms with E-state index in [-0.39, 0.29) is 0 Å². The Morgan fingerprint density at radius 3 is 2.64 bits per heavy atom. The first-order valence-electron chi connectivity index (χ1n) is 5.32. The summed E-state index contributed by atoms with van der Waals surface area (Å²) in [5.74, 6) is 0.408. The van der Waals surface area contributed by atoms with E-state index in [9.17, 15) is 0 Å². The van der Waals surface area contributed by atoms with Crippen LogP contribution in [0.3, 0.4) is 0 Å². The van der Waals surface area contributed by atoms with Crippen molar-refractivity contribution in [1.82, 2.24) is 0 Å². The van der Waals surface area contributed by atoms with E-state index >= 15 is 0 Å². The first-order chi connectivity index (χ1) is 6.32. The summed E-state index contributed by atoms with van der Waals surface area (Å²) >= 11 is 0. The lowest BCUT2D eigenvalue weighted by atomic mass is 10.1. The Bertz CT molecular complexity index is 329. The Kier molecular flexibility index (Phi) is 1.36. The molecule has 0 aliphatic rings. The third-order valence-electron chi connectivity index (χ3n) is 1.77. The minimum absolute atomic E-state index is 0.393. The molecule has 1 heterocycles. The average molecular weight is 153 g/mol. The predicted octanol–water partition coefficient (Wildman–Crippen LogP) is 1.94. The monoisotopic (exact) mass is 153 g/mol. The normalized spacial score (nSPS) is 15.8. The SMILES string of the molecule is [2H]C([2H])([2H])c1ccc(C(C)C)[n+](C)c1. The second-order valence-electron chi connectivity index (χ2n) is 3.11. The smallest absolute Gasteiger partial charge is 0.183 e. The van der Waals surface area contributed by atoms with E-state index in [1.807, 2.05) is 17.7 Å². The molecule has 0 fully saturated rings. The predicted molar refractivity (Wildman–Crippen MR) is 46.4 cm³/mol. The van der Waals surface area contributed by atoms with Crippen molar-refractivity contribution in [2.45, 2.75) is 26.6 Å². The number of pyridine rings is 1. The van der Waals surface area contributed by atoms with Crippen LogP contribution >= 0.6 is 0 Å². The highest BCUT2D eigenvalue weighted by Crippen LogP contribution is 2.08. The Hall–Kier alpha value is -0.850. The molecule has 1 nitrogen and oxygen atoms in total. The van der Waals surface area contributed by atoms with Gasteiger partial charge in [-0.2, -0.15) is 0 Å². The van der Waals surface area contributed by atoms with E-state index in [1.165, 1.54) is 0 Å². The van der Waals surface area contributed by atoms with Gasteiger partial charge in [0.2, 0.25) is 0 Å². The van der Waals surface area contributed by atoms with Crippen molar-refractivity contribution in [2.75, 3.05) is 0 Å². The topological polar surface area (TPSA) is 3.88 Å². The van der Waals surface area contributed by atoms with Gasteiger partial charge in [0.25, 0.3) is 0 Å². The maximum Gasteiger partial charge on any atom is 0.183 e. The largest absolute Gasteiger partial charge is 0.205 e. The van der Waals surface area contributed by atoms with Gasteiger partial charge in [-0.25, -0.2) is 4.57 Å². The molecule has 1 rings (SSSR count). The Morgan fingerprint density at radius 2 is 2.18 bits per heavy atom. The van der Waals surface area contributed by atoms with Gasteiger partial charge in [0, 0.05) is 21.7 Å². The van der Waals surface area contributed by atoms with Crippen LogP contribution in [-0.2, 0) is 7.05 Å². The standard InChI is InChI=1S/C10H16N/c1-8(2)10-6-5-9(3)7-11(10)4/h5-8H,1-4H3/q+1/i3D3. The van der Waals surface area contributed by atoms with Gasteiger partial charge in [0.15, 0.2) is 11.9 Å². The third kappa shape index (κ3) is 1.79. The number of rotatable bonds is 1. The zero-order valence-electron chi connectivity index (χ0n) is 10.3. The van der Waals surface area contributed by atoms with Crippen LogP contribution in [0.25, 0.3) is 0 Å². The molecule has 0 aromatic carbocycles. The zero-order valence-corrected chi connectivity index (χ0v) is 7.26. The summed E-state index contributed by atoms with van der Waals surface area (Å²) in [5, 5.41) is 0. The van der Waals surface area contributed by atoms with Crippen LogP contribution in [0.2, 0.25) is 0 Å². The molecule has 1 aromatic heterocycles. The highest BCUT2D eigenvalue weighted by Gasteiger charge is 2.09. The lowest BCUT2D eigenvalue weighted by molar-refractivity contribution is -0.680. The van der Waals surface area contributed by atoms with E-state index in [1.54, 1.807) is 12.3 Å². The molecule has 0 atom stereocenters. The molecule has 0 spiro atoms. The summed E-state index contributed by atoms with van der Waals surface area (Å²) < 4.78 is 23.7. The van der Waals surface area contributed by atoms with Gasteiger partial charge in [0.05, 0.1) is 0 Å². The van der Waals surface area contributed by atoms with Crippen LogP contribution < -0.4 is 4.57 Å². The summed E-state index contributed by atoms with van der Waals surface area (Å²) in [7, 11) is 1.88. The molecular formula is C10H16N+. The van der Waals surface area contributed by atoms with Crippen LogP contribution in [0.5, 0.6) is 0 Å². The van der Waals surface area contributed by atoms with Gasteiger partial charge in [-0.3, -0.25) is 0 Å². The molecule has 0 bridgehead atoms. The van der Waals surface area contributed by atoms with Crippen LogP contribution in [0.4, 0.5) is 0 Å². The molecule has 0 N–H and O–H groups in total. The van der Waals surface area contributed by atoms with Crippen LogP contribution in [0.1, 0.15) is 35.1 Å². The fourth-order valence-corrected chi connectivity index (χ4v) is 1.22. The van der Waals surface area contributed by atoms with Crippen molar-refractivity contribution in [3.05, 3.63) is 29.6 Å². The number of aromatic nitrogens is 1. The minimum atomic E-state index is -2.01. The first-order valence-corrected chi connectivity index (χ1v) is 3.82. The summed E-state index contributed by atoms with van der Waals surface area (Å²) in [6, 6.07) is 3.56. The molecule has 0 aliphatic heterocycles. The molecule has 1 heteroatoms. The molecule has 1 aromatic rings. The summed E-state index contributed by atoms with van der Waals surface area (Å²) in [5.41, 5.74) is 1.53. The fourth-order valence-electron chi connectivity index (χ4n) is 1.22. The summed E-state index contributed by atoms with van der Waals surface area (Å²) in [4.78, 5) is 0. The zero-order chi connectivity index (χ0) is 10.9. The van der Waals surface area contributed by atoms with Crippen LogP contribution in [-0.4, -0.2) is 0 Å². The lowest BCUT2D eigenvalue weighted by Gasteiger charge is -2.02. The van der Waals surface area contributed by atoms with E-state index in [0.29, 0.717) is 11.5 Å². The molecule has 0 aliphatic carbocycles.